The summed E-state index contributed by atoms with van der Waals surface area (Å²) in [6, 6.07) is 7.28. The summed E-state index contributed by atoms with van der Waals surface area (Å²) < 4.78 is 11.2. The summed E-state index contributed by atoms with van der Waals surface area (Å²) in [6.45, 7) is 8.26. The standard InChI is InChI=1S/C44H60N8O11S2/c1-28(2)40(50-43(59)51(5)24-32-26-64-42(48-32)29(3)4)41(58)47-31(21-30-13-8-6-9-14-30)22-35(49-44(60)61-25-33-23-45-27-65-33)62-38(56)16-10-7-11-20-46-34(53)15-12-17-39(57)63-52-36(54)18-19-37(52)55/h6,8-9,13-14,23,26-29,31,35,40H,7,10-12,15-22,24-25H2,1-5H3,(H,46,53)(H,47,58)(H,49,60)(H,50,59)/t31-,35-,40+/m0/s1. The number of benzene rings is 1. The fourth-order valence-corrected chi connectivity index (χ4v) is 7.79. The first-order chi connectivity index (χ1) is 31.1. The molecule has 1 aliphatic rings. The van der Waals surface area contributed by atoms with Crippen molar-refractivity contribution in [3.05, 3.63) is 68.6 Å². The Morgan fingerprint density at radius 1 is 0.862 bits per heavy atom. The van der Waals surface area contributed by atoms with Crippen molar-refractivity contribution in [3.8, 4) is 0 Å². The van der Waals surface area contributed by atoms with Crippen LogP contribution in [0.5, 0.6) is 0 Å². The molecule has 7 amide bonds. The van der Waals surface area contributed by atoms with Crippen LogP contribution in [0.25, 0.3) is 0 Å². The Balaban J connectivity index is 1.31. The molecule has 0 unspecified atom stereocenters. The summed E-state index contributed by atoms with van der Waals surface area (Å²) in [5.74, 6) is -3.33. The van der Waals surface area contributed by atoms with Gasteiger partial charge in [0.15, 0.2) is 6.23 Å². The van der Waals surface area contributed by atoms with E-state index in [0.717, 1.165) is 16.3 Å². The third-order valence-electron chi connectivity index (χ3n) is 9.95. The van der Waals surface area contributed by atoms with E-state index in [9.17, 15) is 38.4 Å². The fraction of sp³-hybridized carbons (Fsp3) is 0.545. The van der Waals surface area contributed by atoms with Gasteiger partial charge in [0.25, 0.3) is 11.8 Å². The van der Waals surface area contributed by atoms with E-state index in [0.29, 0.717) is 42.2 Å². The average Bonchev–Trinajstić information content (AvgIpc) is 4.03. The highest BCUT2D eigenvalue weighted by Gasteiger charge is 2.33. The quantitative estimate of drug-likeness (QED) is 0.0348. The maximum Gasteiger partial charge on any atom is 0.410 e. The van der Waals surface area contributed by atoms with Crippen LogP contribution < -0.4 is 21.3 Å². The van der Waals surface area contributed by atoms with Crippen molar-refractivity contribution in [2.24, 2.45) is 5.92 Å². The second-order valence-electron chi connectivity index (χ2n) is 16.2. The Hall–Kier alpha value is -5.96. The lowest BCUT2D eigenvalue weighted by Gasteiger charge is -2.29. The van der Waals surface area contributed by atoms with Crippen LogP contribution in [0.2, 0.25) is 0 Å². The van der Waals surface area contributed by atoms with Crippen LogP contribution in [0.3, 0.4) is 0 Å². The number of carbonyl (C=O) groups excluding carboxylic acids is 8. The number of carbonyl (C=O) groups is 8. The number of alkyl carbamates (subject to hydrolysis) is 1. The number of thiazole rings is 2. The highest BCUT2D eigenvalue weighted by Crippen LogP contribution is 2.20. The van der Waals surface area contributed by atoms with Crippen molar-refractivity contribution in [1.29, 1.82) is 0 Å². The Labute approximate surface area is 386 Å². The number of hydroxylamine groups is 2. The molecule has 1 aromatic carbocycles. The number of esters is 1. The van der Waals surface area contributed by atoms with Gasteiger partial charge in [-0.3, -0.25) is 34.3 Å². The SMILES string of the molecule is CC(C)c1nc(CN(C)C(=O)N[C@@H](C(=O)N[C@@H](Cc2ccccc2)C[C@@H](NC(=O)OCc2cncs2)OC(=O)CCCCCNC(=O)CCCC(=O)ON2C(=O)CCC2=O)C(C)C)cs1. The third-order valence-corrected chi connectivity index (χ3v) is 11.9. The summed E-state index contributed by atoms with van der Waals surface area (Å²) in [5, 5.41) is 14.7. The molecule has 4 N–H and O–H groups in total. The zero-order chi connectivity index (χ0) is 47.3. The molecule has 0 radical (unpaired) electrons. The van der Waals surface area contributed by atoms with Gasteiger partial charge in [-0.2, -0.15) is 0 Å². The molecular formula is C44H60N8O11S2. The molecule has 0 aliphatic carbocycles. The predicted molar refractivity (Wildman–Crippen MR) is 239 cm³/mol. The number of unbranched alkanes of at least 4 members (excludes halogenated alkanes) is 2. The average molecular weight is 941 g/mol. The summed E-state index contributed by atoms with van der Waals surface area (Å²) >= 11 is 2.84. The van der Waals surface area contributed by atoms with E-state index in [4.69, 9.17) is 14.3 Å². The van der Waals surface area contributed by atoms with E-state index >= 15 is 0 Å². The van der Waals surface area contributed by atoms with Gasteiger partial charge in [-0.05, 0) is 37.2 Å². The Kier molecular flexibility index (Phi) is 21.3. The zero-order valence-corrected chi connectivity index (χ0v) is 39.1. The molecular weight excluding hydrogens is 881 g/mol. The number of hydrogen-bond acceptors (Lipinski definition) is 15. The molecule has 3 heterocycles. The number of ether oxygens (including phenoxy) is 2. The van der Waals surface area contributed by atoms with Crippen molar-refractivity contribution < 1.29 is 52.7 Å². The maximum absolute atomic E-state index is 14.0. The molecule has 2 aromatic heterocycles. The first-order valence-corrected chi connectivity index (χ1v) is 23.5. The number of urea groups is 1. The molecule has 1 fully saturated rings. The molecule has 1 saturated heterocycles. The highest BCUT2D eigenvalue weighted by molar-refractivity contribution is 7.09. The van der Waals surface area contributed by atoms with Gasteiger partial charge in [-0.15, -0.1) is 27.7 Å². The van der Waals surface area contributed by atoms with Crippen LogP contribution in [0.1, 0.15) is 119 Å². The van der Waals surface area contributed by atoms with E-state index in [1.807, 2.05) is 49.6 Å². The largest absolute Gasteiger partial charge is 0.444 e. The molecule has 4 rings (SSSR count). The molecule has 3 aromatic rings. The van der Waals surface area contributed by atoms with Crippen LogP contribution >= 0.6 is 22.7 Å². The molecule has 1 aliphatic heterocycles. The number of amides is 7. The molecule has 65 heavy (non-hydrogen) atoms. The number of imide groups is 1. The Bertz CT molecular complexity index is 2030. The van der Waals surface area contributed by atoms with Crippen LogP contribution in [-0.2, 0) is 62.7 Å². The molecule has 19 nitrogen and oxygen atoms in total. The topological polar surface area (TPSA) is 245 Å². The number of rotatable bonds is 26. The lowest BCUT2D eigenvalue weighted by atomic mass is 9.99. The van der Waals surface area contributed by atoms with Crippen molar-refractivity contribution in [2.75, 3.05) is 13.6 Å². The van der Waals surface area contributed by atoms with Gasteiger partial charge in [0.2, 0.25) is 11.8 Å². The molecule has 0 spiro atoms. The van der Waals surface area contributed by atoms with E-state index in [-0.39, 0.29) is 75.8 Å². The number of aromatic nitrogens is 2. The first kappa shape index (κ1) is 51.7. The van der Waals surface area contributed by atoms with E-state index in [1.54, 1.807) is 18.8 Å². The van der Waals surface area contributed by atoms with Gasteiger partial charge in [-0.1, -0.05) is 64.4 Å². The monoisotopic (exact) mass is 940 g/mol. The third kappa shape index (κ3) is 18.6. The van der Waals surface area contributed by atoms with Crippen molar-refractivity contribution in [3.63, 3.8) is 0 Å². The van der Waals surface area contributed by atoms with Crippen LogP contribution in [0.15, 0.2) is 47.4 Å². The molecule has 0 saturated carbocycles. The van der Waals surface area contributed by atoms with Crippen LogP contribution in [-0.4, -0.2) is 99.5 Å². The molecule has 3 atom stereocenters. The van der Waals surface area contributed by atoms with Gasteiger partial charge in [-0.25, -0.2) is 19.4 Å². The smallest absolute Gasteiger partial charge is 0.410 e. The van der Waals surface area contributed by atoms with Crippen LogP contribution in [0.4, 0.5) is 9.59 Å². The van der Waals surface area contributed by atoms with Gasteiger partial charge in [0, 0.05) is 75.7 Å². The molecule has 21 heteroatoms. The number of nitrogens with one attached hydrogen (secondary N) is 4. The Morgan fingerprint density at radius 3 is 2.25 bits per heavy atom. The van der Waals surface area contributed by atoms with Crippen molar-refractivity contribution in [1.82, 2.24) is 41.2 Å². The fourth-order valence-electron chi connectivity index (χ4n) is 6.46. The lowest BCUT2D eigenvalue weighted by molar-refractivity contribution is -0.197. The maximum atomic E-state index is 14.0. The second-order valence-corrected chi connectivity index (χ2v) is 18.1. The minimum absolute atomic E-state index is 0.00343. The van der Waals surface area contributed by atoms with Crippen LogP contribution in [0, 0.1) is 5.92 Å². The number of nitrogens with zero attached hydrogens (tertiary/aromatic N) is 4. The van der Waals surface area contributed by atoms with Crippen molar-refractivity contribution >= 4 is 70.4 Å². The van der Waals surface area contributed by atoms with Gasteiger partial charge in [0.05, 0.1) is 27.6 Å². The first-order valence-electron chi connectivity index (χ1n) is 21.7. The van der Waals surface area contributed by atoms with E-state index < -0.39 is 60.1 Å². The zero-order valence-electron chi connectivity index (χ0n) is 37.5. The van der Waals surface area contributed by atoms with Gasteiger partial charge < -0.3 is 35.2 Å². The summed E-state index contributed by atoms with van der Waals surface area (Å²) in [7, 11) is 1.63. The molecule has 354 valence electrons. The highest BCUT2D eigenvalue weighted by atomic mass is 32.1. The minimum atomic E-state index is -1.22. The normalized spacial score (nSPS) is 13.8. The second kappa shape index (κ2) is 26.7. The van der Waals surface area contributed by atoms with Gasteiger partial charge in [0.1, 0.15) is 12.6 Å². The van der Waals surface area contributed by atoms with E-state index in [2.05, 4.69) is 45.1 Å². The molecule has 0 bridgehead atoms. The predicted octanol–water partition coefficient (Wildman–Crippen LogP) is 5.26. The minimum Gasteiger partial charge on any atom is -0.444 e. The lowest BCUT2D eigenvalue weighted by Crippen LogP contribution is -2.55. The summed E-state index contributed by atoms with van der Waals surface area (Å²) in [6.07, 6.45) is 1.32. The summed E-state index contributed by atoms with van der Waals surface area (Å²) in [5.41, 5.74) is 3.22. The number of hydrogen-bond donors (Lipinski definition) is 4. The Morgan fingerprint density at radius 2 is 1.58 bits per heavy atom. The van der Waals surface area contributed by atoms with Crippen molar-refractivity contribution in [2.45, 2.75) is 136 Å². The van der Waals surface area contributed by atoms with Gasteiger partial charge >= 0.3 is 24.1 Å². The van der Waals surface area contributed by atoms with E-state index in [1.165, 1.54) is 27.6 Å². The summed E-state index contributed by atoms with van der Waals surface area (Å²) in [4.78, 5) is 117.